The molecule has 0 bridgehead atoms. The van der Waals surface area contributed by atoms with E-state index in [9.17, 15) is 42.9 Å². The van der Waals surface area contributed by atoms with Crippen molar-refractivity contribution in [1.29, 1.82) is 0 Å². The molecule has 0 aliphatic heterocycles. The van der Waals surface area contributed by atoms with E-state index in [1.807, 2.05) is 56.3 Å². The Morgan fingerprint density at radius 3 is 1.58 bits per heavy atom. The zero-order valence-electron chi connectivity index (χ0n) is 30.0. The van der Waals surface area contributed by atoms with Crippen molar-refractivity contribution in [2.24, 2.45) is 0 Å². The van der Waals surface area contributed by atoms with Crippen molar-refractivity contribution in [1.82, 2.24) is 21.3 Å². The number of alkyl halides is 3. The zero-order chi connectivity index (χ0) is 40.7. The Balaban J connectivity index is 0.000000227. The number of aromatic hydroxyl groups is 4. The van der Waals surface area contributed by atoms with Crippen molar-refractivity contribution >= 4 is 29.4 Å². The lowest BCUT2D eigenvalue weighted by atomic mass is 10.1. The first-order valence-electron chi connectivity index (χ1n) is 16.5. The van der Waals surface area contributed by atoms with E-state index in [4.69, 9.17) is 16.7 Å². The average Bonchev–Trinajstić information content (AvgIpc) is 3.16. The van der Waals surface area contributed by atoms with Gasteiger partial charge in [0.05, 0.1) is 5.56 Å². The summed E-state index contributed by atoms with van der Waals surface area (Å²) in [6.07, 6.45) is -4.44. The number of carbonyl (C=O) groups is 3. The Kier molecular flexibility index (Phi) is 15.8. The van der Waals surface area contributed by atoms with Crippen LogP contribution in [0, 0.1) is 13.8 Å². The number of halogens is 4. The van der Waals surface area contributed by atoms with Crippen LogP contribution < -0.4 is 21.3 Å². The number of carbonyl (C=O) groups excluding carboxylic acids is 3. The molecule has 5 rings (SSSR count). The Labute approximate surface area is 320 Å². The summed E-state index contributed by atoms with van der Waals surface area (Å²) in [7, 11) is 1.59. The van der Waals surface area contributed by atoms with Gasteiger partial charge >= 0.3 is 12.2 Å². The molecule has 5 aromatic rings. The summed E-state index contributed by atoms with van der Waals surface area (Å²) in [4.78, 5) is 34.6. The number of nitrogens with one attached hydrogen (secondary N) is 4. The van der Waals surface area contributed by atoms with E-state index in [-0.39, 0.29) is 41.3 Å². The van der Waals surface area contributed by atoms with Crippen molar-refractivity contribution in [3.05, 3.63) is 153 Å². The summed E-state index contributed by atoms with van der Waals surface area (Å²) in [5.74, 6) is -2.23. The maximum absolute atomic E-state index is 12.6. The van der Waals surface area contributed by atoms with Crippen LogP contribution in [0.4, 0.5) is 18.0 Å². The second-order valence-corrected chi connectivity index (χ2v) is 12.4. The summed E-state index contributed by atoms with van der Waals surface area (Å²) in [5, 5.41) is 48.1. The lowest BCUT2D eigenvalue weighted by Crippen LogP contribution is -2.32. The fourth-order valence-corrected chi connectivity index (χ4v) is 4.67. The van der Waals surface area contributed by atoms with E-state index in [1.54, 1.807) is 7.05 Å². The topological polar surface area (TPSA) is 180 Å². The van der Waals surface area contributed by atoms with Gasteiger partial charge in [0, 0.05) is 42.8 Å². The maximum Gasteiger partial charge on any atom is 0.416 e. The van der Waals surface area contributed by atoms with Crippen LogP contribution in [0.25, 0.3) is 0 Å². The summed E-state index contributed by atoms with van der Waals surface area (Å²) in [6.45, 7) is 4.77. The molecule has 0 saturated carbocycles. The minimum absolute atomic E-state index is 0.0854. The highest BCUT2D eigenvalue weighted by Gasteiger charge is 2.30. The second-order valence-electron chi connectivity index (χ2n) is 12.0. The Morgan fingerprint density at radius 2 is 1.09 bits per heavy atom. The van der Waals surface area contributed by atoms with Gasteiger partial charge < -0.3 is 41.7 Å². The minimum atomic E-state index is -4.44. The molecule has 0 fully saturated rings. The normalized spacial score (nSPS) is 10.5. The number of hydrogen-bond acceptors (Lipinski definition) is 7. The summed E-state index contributed by atoms with van der Waals surface area (Å²) < 4.78 is 37.7. The van der Waals surface area contributed by atoms with Crippen LogP contribution in [0.1, 0.15) is 54.1 Å². The quantitative estimate of drug-likeness (QED) is 0.0753. The third-order valence-corrected chi connectivity index (χ3v) is 8.08. The van der Waals surface area contributed by atoms with Crippen molar-refractivity contribution in [3.8, 4) is 23.0 Å². The molecule has 290 valence electrons. The molecule has 55 heavy (non-hydrogen) atoms. The Morgan fingerprint density at radius 1 is 0.600 bits per heavy atom. The average molecular weight is 781 g/mol. The molecule has 0 aliphatic carbocycles. The van der Waals surface area contributed by atoms with Crippen LogP contribution in [0.2, 0.25) is 5.02 Å². The second kappa shape index (κ2) is 20.2. The fourth-order valence-electron chi connectivity index (χ4n) is 4.55. The predicted octanol–water partition coefficient (Wildman–Crippen LogP) is 7.46. The number of urea groups is 1. The van der Waals surface area contributed by atoms with Crippen molar-refractivity contribution in [2.45, 2.75) is 39.7 Å². The van der Waals surface area contributed by atoms with Crippen LogP contribution in [0.5, 0.6) is 23.0 Å². The van der Waals surface area contributed by atoms with Gasteiger partial charge in [-0.15, -0.1) is 0 Å². The number of benzene rings is 5. The van der Waals surface area contributed by atoms with Gasteiger partial charge in [-0.05, 0) is 90.7 Å². The molecule has 8 N–H and O–H groups in total. The van der Waals surface area contributed by atoms with Crippen molar-refractivity contribution in [2.75, 3.05) is 7.05 Å². The highest BCUT2D eigenvalue weighted by atomic mass is 35.5. The molecule has 0 saturated heterocycles. The standard InChI is InChI=1S/C15H12F3NO3.C15H15NO3.C10H13ClN2O/c16-15(17,18)11-3-1-2-9(6-11)8-19-14(22)10-4-5-12(20)13(21)7-10;1-10-2-4-11(5-3-10)9-16-15(19)12-6-7-13(17)14(18)8-12;1-7-5-8(3-4-9(7)11)6-13-10(14)12-2/h1-7,20-21H,8H2,(H,19,22);2-8,17-18H,9H2,1H3,(H,16,19);3-5H,6H2,1-2H3,(H2,12,13,14). The molecule has 11 nitrogen and oxygen atoms in total. The Bertz CT molecular complexity index is 2100. The van der Waals surface area contributed by atoms with E-state index in [0.717, 1.165) is 46.0 Å². The first-order chi connectivity index (χ1) is 26.0. The zero-order valence-corrected chi connectivity index (χ0v) is 30.7. The summed E-state index contributed by atoms with van der Waals surface area (Å²) in [6, 6.07) is 25.5. The monoisotopic (exact) mass is 780 g/mol. The molecule has 0 unspecified atom stereocenters. The predicted molar refractivity (Wildman–Crippen MR) is 202 cm³/mol. The van der Waals surface area contributed by atoms with Crippen molar-refractivity contribution < 1.29 is 48.0 Å². The summed E-state index contributed by atoms with van der Waals surface area (Å²) >= 11 is 5.87. The van der Waals surface area contributed by atoms with Crippen LogP contribution in [-0.2, 0) is 25.8 Å². The van der Waals surface area contributed by atoms with Gasteiger partial charge in [-0.2, -0.15) is 13.2 Å². The highest BCUT2D eigenvalue weighted by molar-refractivity contribution is 6.31. The molecule has 0 spiro atoms. The molecule has 5 aromatic carbocycles. The minimum Gasteiger partial charge on any atom is -0.504 e. The molecule has 0 heterocycles. The molecular formula is C40H40ClF3N4O7. The first-order valence-corrected chi connectivity index (χ1v) is 16.9. The van der Waals surface area contributed by atoms with Gasteiger partial charge in [-0.25, -0.2) is 4.79 Å². The largest absolute Gasteiger partial charge is 0.504 e. The van der Waals surface area contributed by atoms with E-state index in [1.165, 1.54) is 42.0 Å². The van der Waals surface area contributed by atoms with E-state index in [2.05, 4.69) is 21.3 Å². The van der Waals surface area contributed by atoms with E-state index < -0.39 is 23.4 Å². The summed E-state index contributed by atoms with van der Waals surface area (Å²) in [5.41, 5.74) is 4.12. The SMILES string of the molecule is CNC(=O)NCc1ccc(Cl)c(C)c1.Cc1ccc(CNC(=O)c2ccc(O)c(O)c2)cc1.O=C(NCc1cccc(C(F)(F)F)c1)c1ccc(O)c(O)c1. The van der Waals surface area contributed by atoms with Gasteiger partial charge in [-0.3, -0.25) is 9.59 Å². The number of rotatable bonds is 8. The first kappa shape index (κ1) is 43.0. The number of phenolic OH excluding ortho intramolecular Hbond substituents is 4. The lowest BCUT2D eigenvalue weighted by Gasteiger charge is -2.10. The van der Waals surface area contributed by atoms with Gasteiger partial charge in [0.15, 0.2) is 23.0 Å². The van der Waals surface area contributed by atoms with Crippen molar-refractivity contribution in [3.63, 3.8) is 0 Å². The van der Waals surface area contributed by atoms with Crippen LogP contribution in [-0.4, -0.2) is 45.3 Å². The highest BCUT2D eigenvalue weighted by Crippen LogP contribution is 2.30. The van der Waals surface area contributed by atoms with Gasteiger partial charge in [-0.1, -0.05) is 65.7 Å². The molecule has 15 heteroatoms. The number of hydrogen-bond donors (Lipinski definition) is 8. The van der Waals surface area contributed by atoms with E-state index in [0.29, 0.717) is 24.2 Å². The Hall–Kier alpha value is -6.41. The molecular weight excluding hydrogens is 741 g/mol. The van der Waals surface area contributed by atoms with Gasteiger partial charge in [0.2, 0.25) is 0 Å². The maximum atomic E-state index is 12.6. The smallest absolute Gasteiger partial charge is 0.416 e. The lowest BCUT2D eigenvalue weighted by molar-refractivity contribution is -0.137. The number of aryl methyl sites for hydroxylation is 2. The fraction of sp³-hybridized carbons (Fsp3) is 0.175. The third kappa shape index (κ3) is 14.2. The number of phenols is 4. The van der Waals surface area contributed by atoms with Crippen LogP contribution in [0.15, 0.2) is 103 Å². The van der Waals surface area contributed by atoms with Gasteiger partial charge in [0.25, 0.3) is 11.8 Å². The number of amides is 4. The van der Waals surface area contributed by atoms with Gasteiger partial charge in [0.1, 0.15) is 0 Å². The van der Waals surface area contributed by atoms with Crippen LogP contribution in [0.3, 0.4) is 0 Å². The molecule has 0 radical (unpaired) electrons. The molecule has 0 aliphatic rings. The molecule has 4 amide bonds. The van der Waals surface area contributed by atoms with E-state index >= 15 is 0 Å². The molecule has 0 aromatic heterocycles. The van der Waals surface area contributed by atoms with Crippen LogP contribution >= 0.6 is 11.6 Å². The third-order valence-electron chi connectivity index (χ3n) is 7.66. The molecule has 0 atom stereocenters.